The Morgan fingerprint density at radius 3 is 1.06 bits per heavy atom. The number of hydrogen-bond donors (Lipinski definition) is 3. The van der Waals surface area contributed by atoms with Crippen molar-refractivity contribution in [3.63, 3.8) is 0 Å². The summed E-state index contributed by atoms with van der Waals surface area (Å²) in [5.41, 5.74) is 0.893. The quantitative estimate of drug-likeness (QED) is 0.0442. The maximum atomic E-state index is 13.8. The summed E-state index contributed by atoms with van der Waals surface area (Å²) in [4.78, 5) is 64.0. The van der Waals surface area contributed by atoms with Crippen molar-refractivity contribution in [2.75, 3.05) is 39.3 Å². The van der Waals surface area contributed by atoms with Gasteiger partial charge in [-0.05, 0) is 44.0 Å². The summed E-state index contributed by atoms with van der Waals surface area (Å²) in [6.07, 6.45) is 42.2. The third-order valence-electron chi connectivity index (χ3n) is 11.8. The van der Waals surface area contributed by atoms with Gasteiger partial charge in [0.2, 0.25) is 11.8 Å². The Morgan fingerprint density at radius 2 is 0.710 bits per heavy atom. The molecule has 62 heavy (non-hydrogen) atoms. The summed E-state index contributed by atoms with van der Waals surface area (Å²) in [5, 5.41) is 7.33. The highest BCUT2D eigenvalue weighted by Crippen LogP contribution is 2.17. The van der Waals surface area contributed by atoms with Gasteiger partial charge in [0, 0.05) is 24.2 Å². The Morgan fingerprint density at radius 1 is 0.403 bits per heavy atom. The zero-order chi connectivity index (χ0) is 45.1. The SMILES string of the molecule is CCCCCCCCCCCCCCCCCCN(CCCCCCCCCCCCCCCCCC)C(=O)c1ccc(C(=O)NCC(=O)NCC(=O)NCC(=O)OCC)cc1. The summed E-state index contributed by atoms with van der Waals surface area (Å²) >= 11 is 0. The molecule has 0 saturated heterocycles. The first kappa shape index (κ1) is 56.6. The van der Waals surface area contributed by atoms with Gasteiger partial charge in [0.25, 0.3) is 11.8 Å². The van der Waals surface area contributed by atoms with E-state index < -0.39 is 23.7 Å². The summed E-state index contributed by atoms with van der Waals surface area (Å²) in [6.45, 7) is 6.98. The van der Waals surface area contributed by atoms with Crippen LogP contribution in [0, 0.1) is 0 Å². The monoisotopic (exact) mass is 869 g/mol. The fourth-order valence-corrected chi connectivity index (χ4v) is 7.91. The Bertz CT molecular complexity index is 1240. The summed E-state index contributed by atoms with van der Waals surface area (Å²) in [6, 6.07) is 6.62. The normalized spacial score (nSPS) is 11.0. The van der Waals surface area contributed by atoms with E-state index in [-0.39, 0.29) is 32.1 Å². The van der Waals surface area contributed by atoms with Gasteiger partial charge in [-0.1, -0.05) is 206 Å². The van der Waals surface area contributed by atoms with E-state index in [1.165, 1.54) is 180 Å². The maximum absolute atomic E-state index is 13.8. The van der Waals surface area contributed by atoms with Crippen molar-refractivity contribution in [1.29, 1.82) is 0 Å². The summed E-state index contributed by atoms with van der Waals surface area (Å²) in [5.74, 6) is -2.11. The zero-order valence-corrected chi connectivity index (χ0v) is 40.1. The van der Waals surface area contributed by atoms with Crippen LogP contribution in [-0.4, -0.2) is 73.8 Å². The summed E-state index contributed by atoms with van der Waals surface area (Å²) in [7, 11) is 0. The molecule has 0 aliphatic heterocycles. The van der Waals surface area contributed by atoms with Crippen molar-refractivity contribution in [3.05, 3.63) is 35.4 Å². The number of rotatable bonds is 43. The lowest BCUT2D eigenvalue weighted by Crippen LogP contribution is -2.43. The third-order valence-corrected chi connectivity index (χ3v) is 11.8. The van der Waals surface area contributed by atoms with Gasteiger partial charge in [0.15, 0.2) is 0 Å². The number of nitrogens with one attached hydrogen (secondary N) is 3. The average Bonchev–Trinajstić information content (AvgIpc) is 3.28. The second-order valence-corrected chi connectivity index (χ2v) is 17.5. The lowest BCUT2D eigenvalue weighted by molar-refractivity contribution is -0.143. The van der Waals surface area contributed by atoms with Gasteiger partial charge < -0.3 is 25.6 Å². The Hall–Kier alpha value is -3.43. The van der Waals surface area contributed by atoms with Crippen LogP contribution in [-0.2, 0) is 19.1 Å². The number of carbonyl (C=O) groups is 5. The number of ether oxygens (including phenoxy) is 1. The Labute approximate surface area is 379 Å². The van der Waals surface area contributed by atoms with E-state index in [2.05, 4.69) is 29.8 Å². The molecule has 10 nitrogen and oxygen atoms in total. The molecule has 0 spiro atoms. The Balaban J connectivity index is 2.47. The first-order valence-electron chi connectivity index (χ1n) is 25.7. The van der Waals surface area contributed by atoms with Crippen LogP contribution in [0.2, 0.25) is 0 Å². The average molecular weight is 869 g/mol. The molecule has 4 amide bonds. The van der Waals surface area contributed by atoms with Gasteiger partial charge >= 0.3 is 5.97 Å². The number of nitrogens with zero attached hydrogens (tertiary/aromatic N) is 1. The molecule has 0 aromatic heterocycles. The molecule has 0 aliphatic rings. The molecule has 0 heterocycles. The Kier molecular flexibility index (Phi) is 37.9. The predicted octanol–water partition coefficient (Wildman–Crippen LogP) is 12.2. The molecule has 0 bridgehead atoms. The van der Waals surface area contributed by atoms with Crippen molar-refractivity contribution in [1.82, 2.24) is 20.9 Å². The number of carbonyl (C=O) groups excluding carboxylic acids is 5. The smallest absolute Gasteiger partial charge is 0.325 e. The van der Waals surface area contributed by atoms with Crippen LogP contribution in [0.1, 0.15) is 247 Å². The van der Waals surface area contributed by atoms with Crippen LogP contribution >= 0.6 is 0 Å². The van der Waals surface area contributed by atoms with Gasteiger partial charge in [-0.25, -0.2) is 0 Å². The molecular weight excluding hydrogens is 777 g/mol. The lowest BCUT2D eigenvalue weighted by atomic mass is 10.0. The molecule has 0 radical (unpaired) electrons. The van der Waals surface area contributed by atoms with Crippen molar-refractivity contribution >= 4 is 29.6 Å². The van der Waals surface area contributed by atoms with Crippen molar-refractivity contribution in [2.24, 2.45) is 0 Å². The summed E-state index contributed by atoms with van der Waals surface area (Å²) < 4.78 is 4.75. The second kappa shape index (κ2) is 41.6. The van der Waals surface area contributed by atoms with E-state index in [4.69, 9.17) is 4.74 Å². The topological polar surface area (TPSA) is 134 Å². The molecule has 356 valence electrons. The minimum atomic E-state index is -0.564. The molecule has 0 saturated carbocycles. The molecular formula is C52H92N4O6. The first-order chi connectivity index (χ1) is 30.3. The number of benzene rings is 1. The van der Waals surface area contributed by atoms with Crippen LogP contribution in [0.4, 0.5) is 0 Å². The van der Waals surface area contributed by atoms with E-state index >= 15 is 0 Å². The number of unbranched alkanes of at least 4 members (excludes halogenated alkanes) is 30. The number of amides is 4. The zero-order valence-electron chi connectivity index (χ0n) is 40.1. The lowest BCUT2D eigenvalue weighted by Gasteiger charge is -2.23. The highest BCUT2D eigenvalue weighted by Gasteiger charge is 2.17. The van der Waals surface area contributed by atoms with Crippen LogP contribution in [0.25, 0.3) is 0 Å². The fourth-order valence-electron chi connectivity index (χ4n) is 7.91. The van der Waals surface area contributed by atoms with E-state index in [1.807, 2.05) is 4.90 Å². The van der Waals surface area contributed by atoms with E-state index in [1.54, 1.807) is 31.2 Å². The molecule has 0 fully saturated rings. The fraction of sp³-hybridized carbons (Fsp3) is 0.788. The van der Waals surface area contributed by atoms with E-state index in [9.17, 15) is 24.0 Å². The van der Waals surface area contributed by atoms with Crippen molar-refractivity contribution < 1.29 is 28.7 Å². The molecule has 0 atom stereocenters. The van der Waals surface area contributed by atoms with Gasteiger partial charge in [-0.15, -0.1) is 0 Å². The third kappa shape index (κ3) is 33.2. The highest BCUT2D eigenvalue weighted by atomic mass is 16.5. The highest BCUT2D eigenvalue weighted by molar-refractivity contribution is 5.99. The van der Waals surface area contributed by atoms with Crippen LogP contribution in [0.5, 0.6) is 0 Å². The standard InChI is InChI=1S/C52H92N4O6/c1-4-7-9-11-13-15-17-19-21-23-25-27-29-31-33-35-41-56(42-36-34-32-30-28-26-24-22-20-18-16-14-12-10-8-5-2)52(61)47-39-37-46(38-40-47)51(60)55-44-49(58)53-43-48(57)54-45-50(59)62-6-3/h37-40H,4-36,41-45H2,1-3H3,(H,53,58)(H,54,57)(H,55,60). The van der Waals surface area contributed by atoms with Gasteiger partial charge in [0.05, 0.1) is 19.7 Å². The molecule has 10 heteroatoms. The first-order valence-corrected chi connectivity index (χ1v) is 25.7. The van der Waals surface area contributed by atoms with Crippen LogP contribution in [0.3, 0.4) is 0 Å². The van der Waals surface area contributed by atoms with E-state index in [0.29, 0.717) is 11.1 Å². The van der Waals surface area contributed by atoms with Gasteiger partial charge in [-0.2, -0.15) is 0 Å². The number of hydrogen-bond acceptors (Lipinski definition) is 6. The van der Waals surface area contributed by atoms with Crippen LogP contribution < -0.4 is 16.0 Å². The minimum absolute atomic E-state index is 0.000474. The maximum Gasteiger partial charge on any atom is 0.325 e. The van der Waals surface area contributed by atoms with Crippen LogP contribution in [0.15, 0.2) is 24.3 Å². The van der Waals surface area contributed by atoms with Gasteiger partial charge in [0.1, 0.15) is 6.54 Å². The predicted molar refractivity (Wildman–Crippen MR) is 256 cm³/mol. The molecule has 0 unspecified atom stereocenters. The minimum Gasteiger partial charge on any atom is -0.465 e. The second-order valence-electron chi connectivity index (χ2n) is 17.5. The number of esters is 1. The van der Waals surface area contributed by atoms with Crippen molar-refractivity contribution in [3.8, 4) is 0 Å². The molecule has 3 N–H and O–H groups in total. The molecule has 1 aromatic carbocycles. The molecule has 1 aromatic rings. The van der Waals surface area contributed by atoms with Crippen molar-refractivity contribution in [2.45, 2.75) is 226 Å². The molecule has 0 aliphatic carbocycles. The van der Waals surface area contributed by atoms with Gasteiger partial charge in [-0.3, -0.25) is 24.0 Å². The molecule has 1 rings (SSSR count). The largest absolute Gasteiger partial charge is 0.465 e. The van der Waals surface area contributed by atoms with E-state index in [0.717, 1.165) is 38.8 Å².